The molecule has 2 nitrogen and oxygen atoms in total. The van der Waals surface area contributed by atoms with E-state index in [2.05, 4.69) is 137 Å². The molecular formula is C39H29AuN2. The predicted octanol–water partition coefficient (Wildman–Crippen LogP) is 9.84. The van der Waals surface area contributed by atoms with Gasteiger partial charge in [0, 0.05) is 5.69 Å². The number of nitrogens with zero attached hydrogens (tertiary/aromatic N) is 2. The first-order chi connectivity index (χ1) is 19.9. The van der Waals surface area contributed by atoms with E-state index in [1.54, 1.807) is 0 Å². The van der Waals surface area contributed by atoms with E-state index in [1.165, 1.54) is 27.6 Å². The van der Waals surface area contributed by atoms with Crippen LogP contribution in [0, 0.1) is 39.8 Å². The van der Waals surface area contributed by atoms with E-state index in [9.17, 15) is 0 Å². The molecule has 0 aliphatic rings. The van der Waals surface area contributed by atoms with Crippen molar-refractivity contribution in [3.63, 3.8) is 0 Å². The Kier molecular flexibility index (Phi) is 7.47. The zero-order chi connectivity index (χ0) is 28.1. The van der Waals surface area contributed by atoms with Gasteiger partial charge in [-0.05, 0) is 41.8 Å². The van der Waals surface area contributed by atoms with Crippen molar-refractivity contribution in [1.82, 2.24) is 9.97 Å². The molecule has 0 fully saturated rings. The van der Waals surface area contributed by atoms with Gasteiger partial charge in [-0.3, -0.25) is 4.98 Å². The second-order valence-electron chi connectivity index (χ2n) is 11.1. The molecule has 2 heterocycles. The number of hydrogen-bond donors (Lipinski definition) is 0. The summed E-state index contributed by atoms with van der Waals surface area (Å²) in [6.07, 6.45) is 0. The standard InChI is InChI=1S/C39H29N2.Au/c1-24-15-25(2)18-28(17-24)30-21-31(29-19-26(3)16-27(4)20-29)23-32(22-30)36-13-8-14-38(40-36)35-11-7-10-34-33-9-5-6-12-37(33)41-39(34)35;/h5-19,21-22H,1-4H3;/q-3;+3. The van der Waals surface area contributed by atoms with E-state index in [-0.39, 0.29) is 22.4 Å². The molecule has 7 rings (SSSR count). The summed E-state index contributed by atoms with van der Waals surface area (Å²) in [6.45, 7) is 8.53. The fourth-order valence-corrected chi connectivity index (χ4v) is 5.94. The molecule has 0 saturated carbocycles. The van der Waals surface area contributed by atoms with Crippen molar-refractivity contribution in [2.45, 2.75) is 27.7 Å². The fraction of sp³-hybridized carbons (Fsp3) is 0.103. The number of hydrogen-bond acceptors (Lipinski definition) is 1. The Labute approximate surface area is 263 Å². The molecule has 0 spiro atoms. The Morgan fingerprint density at radius 1 is 0.548 bits per heavy atom. The number of pyridine rings is 1. The van der Waals surface area contributed by atoms with Crippen molar-refractivity contribution in [3.8, 4) is 44.8 Å². The average Bonchev–Trinajstić information content (AvgIpc) is 3.35. The monoisotopic (exact) mass is 722 g/mol. The van der Waals surface area contributed by atoms with Gasteiger partial charge < -0.3 is 4.98 Å². The molecule has 0 N–H and O–H groups in total. The number of fused-ring (bicyclic) bond motifs is 3. The van der Waals surface area contributed by atoms with Crippen LogP contribution in [0.25, 0.3) is 66.6 Å². The summed E-state index contributed by atoms with van der Waals surface area (Å²) in [4.78, 5) is 10.2. The third-order valence-electron chi connectivity index (χ3n) is 7.63. The van der Waals surface area contributed by atoms with E-state index in [4.69, 9.17) is 9.97 Å². The van der Waals surface area contributed by atoms with Gasteiger partial charge in [0.1, 0.15) is 0 Å². The molecule has 0 saturated heterocycles. The van der Waals surface area contributed by atoms with Crippen LogP contribution in [0.1, 0.15) is 22.3 Å². The Morgan fingerprint density at radius 3 is 2.00 bits per heavy atom. The minimum absolute atomic E-state index is 0. The smallest absolute Gasteiger partial charge is 0.656 e. The maximum absolute atomic E-state index is 5.19. The number of para-hydroxylation sites is 2. The van der Waals surface area contributed by atoms with Gasteiger partial charge >= 0.3 is 22.4 Å². The van der Waals surface area contributed by atoms with Gasteiger partial charge in [0.05, 0.1) is 5.69 Å². The van der Waals surface area contributed by atoms with Gasteiger partial charge in [-0.1, -0.05) is 103 Å². The van der Waals surface area contributed by atoms with Crippen LogP contribution in [0.5, 0.6) is 0 Å². The molecule has 3 heteroatoms. The van der Waals surface area contributed by atoms with E-state index in [1.807, 2.05) is 6.07 Å². The van der Waals surface area contributed by atoms with Crippen LogP contribution in [-0.2, 0) is 22.4 Å². The predicted molar refractivity (Wildman–Crippen MR) is 171 cm³/mol. The molecule has 0 aliphatic carbocycles. The number of rotatable bonds is 4. The summed E-state index contributed by atoms with van der Waals surface area (Å²) in [7, 11) is 0. The summed E-state index contributed by atoms with van der Waals surface area (Å²) in [6, 6.07) is 43.6. The Bertz CT molecular complexity index is 1990. The minimum atomic E-state index is 0. The van der Waals surface area contributed by atoms with Crippen molar-refractivity contribution in [2.75, 3.05) is 0 Å². The van der Waals surface area contributed by atoms with Gasteiger partial charge in [0.25, 0.3) is 0 Å². The molecule has 0 aliphatic heterocycles. The maximum atomic E-state index is 5.19. The molecule has 0 atom stereocenters. The van der Waals surface area contributed by atoms with E-state index >= 15 is 0 Å². The molecular weight excluding hydrogens is 693 g/mol. The molecule has 7 aromatic rings. The Hall–Kier alpha value is -4.21. The first-order valence-electron chi connectivity index (χ1n) is 14.0. The van der Waals surface area contributed by atoms with Crippen molar-refractivity contribution in [3.05, 3.63) is 138 Å². The molecule has 0 bridgehead atoms. The number of benzene rings is 5. The van der Waals surface area contributed by atoms with Crippen molar-refractivity contribution in [2.24, 2.45) is 0 Å². The van der Waals surface area contributed by atoms with Crippen molar-refractivity contribution in [1.29, 1.82) is 0 Å². The zero-order valence-corrected chi connectivity index (χ0v) is 26.2. The first kappa shape index (κ1) is 27.9. The molecule has 0 radical (unpaired) electrons. The zero-order valence-electron chi connectivity index (χ0n) is 24.0. The number of aromatic nitrogens is 2. The van der Waals surface area contributed by atoms with Crippen LogP contribution in [-0.4, -0.2) is 4.98 Å². The summed E-state index contributed by atoms with van der Waals surface area (Å²) in [5.74, 6) is 0. The third kappa shape index (κ3) is 5.26. The Morgan fingerprint density at radius 2 is 1.19 bits per heavy atom. The van der Waals surface area contributed by atoms with E-state index < -0.39 is 0 Å². The van der Waals surface area contributed by atoms with E-state index in [0.717, 1.165) is 61.2 Å². The second-order valence-corrected chi connectivity index (χ2v) is 11.1. The molecule has 0 amide bonds. The van der Waals surface area contributed by atoms with Crippen LogP contribution in [0.3, 0.4) is 0 Å². The topological polar surface area (TPSA) is 27.0 Å². The first-order valence-corrected chi connectivity index (χ1v) is 14.0. The largest absolute Gasteiger partial charge is 3.00 e. The van der Waals surface area contributed by atoms with Gasteiger partial charge in [-0.2, -0.15) is 29.8 Å². The summed E-state index contributed by atoms with van der Waals surface area (Å²) in [5.41, 5.74) is 15.0. The summed E-state index contributed by atoms with van der Waals surface area (Å²) >= 11 is 0. The van der Waals surface area contributed by atoms with Crippen LogP contribution in [0.15, 0.2) is 103 Å². The van der Waals surface area contributed by atoms with Gasteiger partial charge in [-0.15, -0.1) is 39.9 Å². The quantitative estimate of drug-likeness (QED) is 0.134. The molecule has 206 valence electrons. The van der Waals surface area contributed by atoms with Gasteiger partial charge in [-0.25, -0.2) is 5.56 Å². The maximum Gasteiger partial charge on any atom is 3.00 e. The van der Waals surface area contributed by atoms with Crippen LogP contribution in [0.4, 0.5) is 0 Å². The normalized spacial score (nSPS) is 11.1. The summed E-state index contributed by atoms with van der Waals surface area (Å²) < 4.78 is 0. The summed E-state index contributed by atoms with van der Waals surface area (Å²) in [5, 5.41) is 2.32. The van der Waals surface area contributed by atoms with Crippen LogP contribution in [0.2, 0.25) is 0 Å². The SMILES string of the molecule is Cc1[c-]c(-c2[c-]c(-c3cccc(-c4cccc5c4[n-]c4ccccc45)n3)cc(-c3cc(C)cc(C)c3)c2)cc(C)c1.[Au+3]. The minimum Gasteiger partial charge on any atom is -0.656 e. The number of aryl methyl sites for hydroxylation is 4. The van der Waals surface area contributed by atoms with E-state index in [0.29, 0.717) is 0 Å². The third-order valence-corrected chi connectivity index (χ3v) is 7.63. The molecule has 0 unspecified atom stereocenters. The van der Waals surface area contributed by atoms with Crippen LogP contribution >= 0.6 is 0 Å². The molecule has 5 aromatic carbocycles. The van der Waals surface area contributed by atoms with Crippen molar-refractivity contribution < 1.29 is 22.4 Å². The fourth-order valence-electron chi connectivity index (χ4n) is 5.94. The molecule has 2 aromatic heterocycles. The Balaban J connectivity index is 0.00000316. The molecule has 42 heavy (non-hydrogen) atoms. The van der Waals surface area contributed by atoms with Crippen LogP contribution < -0.4 is 4.98 Å². The van der Waals surface area contributed by atoms with Gasteiger partial charge in [0.15, 0.2) is 0 Å². The van der Waals surface area contributed by atoms with Gasteiger partial charge in [0.2, 0.25) is 0 Å². The average molecular weight is 723 g/mol. The second kappa shape index (κ2) is 11.2. The van der Waals surface area contributed by atoms with Crippen molar-refractivity contribution >= 4 is 21.8 Å².